The molecule has 0 fully saturated rings. The topological polar surface area (TPSA) is 0 Å². The fourth-order valence-corrected chi connectivity index (χ4v) is 4.16. The van der Waals surface area contributed by atoms with Crippen molar-refractivity contribution in [2.24, 2.45) is 0 Å². The van der Waals surface area contributed by atoms with Crippen molar-refractivity contribution in [1.29, 1.82) is 0 Å². The van der Waals surface area contributed by atoms with E-state index in [0.29, 0.717) is 0 Å². The Hall–Kier alpha value is -3.64. The van der Waals surface area contributed by atoms with E-state index in [9.17, 15) is 0 Å². The van der Waals surface area contributed by atoms with Crippen LogP contribution >= 0.6 is 0 Å². The van der Waals surface area contributed by atoms with Crippen molar-refractivity contribution >= 4 is 46.4 Å². The highest BCUT2D eigenvalue weighted by Gasteiger charge is 2.08. The molecule has 0 N–H and O–H groups in total. The molecule has 0 spiro atoms. The Labute approximate surface area is 206 Å². The highest BCUT2D eigenvalue weighted by atomic mass is 14.1. The van der Waals surface area contributed by atoms with Crippen LogP contribution in [0.4, 0.5) is 0 Å². The smallest absolute Gasteiger partial charge is 0.0118 e. The van der Waals surface area contributed by atoms with Gasteiger partial charge in [0.2, 0.25) is 0 Å². The Morgan fingerprint density at radius 2 is 1.24 bits per heavy atom. The minimum Gasteiger partial charge on any atom is -0.0990 e. The summed E-state index contributed by atoms with van der Waals surface area (Å²) in [5, 5.41) is 7.45. The van der Waals surface area contributed by atoms with E-state index in [2.05, 4.69) is 99.8 Å². The number of aryl methyl sites for hydroxylation is 2. The second-order valence-corrected chi connectivity index (χ2v) is 7.64. The summed E-state index contributed by atoms with van der Waals surface area (Å²) < 4.78 is 0. The Balaban J connectivity index is 0.000000970. The molecular formula is C34H38. The summed E-state index contributed by atoms with van der Waals surface area (Å²) in [6.45, 7) is 20.4. The van der Waals surface area contributed by atoms with E-state index in [0.717, 1.165) is 16.0 Å². The summed E-state index contributed by atoms with van der Waals surface area (Å²) in [4.78, 5) is 0. The van der Waals surface area contributed by atoms with Crippen molar-refractivity contribution in [2.45, 2.75) is 41.5 Å². The summed E-state index contributed by atoms with van der Waals surface area (Å²) in [6, 6.07) is 21.6. The molecule has 0 saturated carbocycles. The van der Waals surface area contributed by atoms with Gasteiger partial charge in [0.25, 0.3) is 0 Å². The number of hydrogen-bond acceptors (Lipinski definition) is 0. The van der Waals surface area contributed by atoms with Gasteiger partial charge in [0.15, 0.2) is 0 Å². The number of fused-ring (bicyclic) bond motifs is 2. The molecule has 34 heavy (non-hydrogen) atoms. The average molecular weight is 447 g/mol. The fourth-order valence-electron chi connectivity index (χ4n) is 4.16. The normalized spacial score (nSPS) is 11.4. The zero-order chi connectivity index (χ0) is 25.1. The lowest BCUT2D eigenvalue weighted by molar-refractivity contribution is 1.50. The van der Waals surface area contributed by atoms with Crippen LogP contribution in [0.25, 0.3) is 46.4 Å². The first-order valence-electron chi connectivity index (χ1n) is 12.3. The molecule has 0 saturated heterocycles. The van der Waals surface area contributed by atoms with E-state index in [1.807, 2.05) is 45.9 Å². The Morgan fingerprint density at radius 3 is 1.88 bits per heavy atom. The Kier molecular flexibility index (Phi) is 10.3. The first-order chi connectivity index (χ1) is 16.6. The monoisotopic (exact) mass is 446 g/mol. The van der Waals surface area contributed by atoms with E-state index < -0.39 is 0 Å². The molecule has 0 radical (unpaired) electrons. The molecule has 4 aromatic rings. The van der Waals surface area contributed by atoms with Crippen LogP contribution in [0.5, 0.6) is 0 Å². The van der Waals surface area contributed by atoms with Gasteiger partial charge < -0.3 is 0 Å². The first kappa shape index (κ1) is 26.6. The fraction of sp³-hybridized carbons (Fsp3) is 0.176. The zero-order valence-corrected chi connectivity index (χ0v) is 21.7. The molecule has 0 unspecified atom stereocenters. The third-order valence-electron chi connectivity index (χ3n) is 5.78. The van der Waals surface area contributed by atoms with Crippen molar-refractivity contribution in [3.05, 3.63) is 118 Å². The van der Waals surface area contributed by atoms with Crippen LogP contribution in [-0.2, 0) is 0 Å². The number of rotatable bonds is 4. The van der Waals surface area contributed by atoms with Crippen LogP contribution < -0.4 is 10.4 Å². The highest BCUT2D eigenvalue weighted by molar-refractivity contribution is 6.05. The number of benzene rings is 4. The molecule has 0 amide bonds. The van der Waals surface area contributed by atoms with Crippen LogP contribution in [0.2, 0.25) is 0 Å². The molecule has 0 heteroatoms. The maximum Gasteiger partial charge on any atom is -0.0118 e. The molecule has 0 aliphatic heterocycles. The van der Waals surface area contributed by atoms with Gasteiger partial charge in [0, 0.05) is 0 Å². The average Bonchev–Trinajstić information content (AvgIpc) is 2.89. The van der Waals surface area contributed by atoms with Crippen LogP contribution in [-0.4, -0.2) is 0 Å². The third kappa shape index (κ3) is 5.83. The molecule has 0 nitrogen and oxygen atoms in total. The first-order valence-corrected chi connectivity index (χ1v) is 12.3. The van der Waals surface area contributed by atoms with Gasteiger partial charge in [-0.3, -0.25) is 0 Å². The van der Waals surface area contributed by atoms with Crippen molar-refractivity contribution in [3.8, 4) is 0 Å². The quantitative estimate of drug-likeness (QED) is 0.217. The van der Waals surface area contributed by atoms with E-state index >= 15 is 0 Å². The van der Waals surface area contributed by atoms with Gasteiger partial charge in [-0.05, 0) is 74.1 Å². The third-order valence-corrected chi connectivity index (χ3v) is 5.78. The second kappa shape index (κ2) is 13.2. The van der Waals surface area contributed by atoms with Crippen LogP contribution in [0.1, 0.15) is 49.9 Å². The summed E-state index contributed by atoms with van der Waals surface area (Å²) in [6.07, 6.45) is 12.3. The van der Waals surface area contributed by atoms with Crippen molar-refractivity contribution in [3.63, 3.8) is 0 Å². The molecule has 0 bridgehead atoms. The minimum atomic E-state index is 1.01. The maximum absolute atomic E-state index is 4.11. The molecule has 0 aliphatic rings. The van der Waals surface area contributed by atoms with E-state index in [4.69, 9.17) is 0 Å². The highest BCUT2D eigenvalue weighted by Crippen LogP contribution is 2.32. The van der Waals surface area contributed by atoms with E-state index in [1.165, 1.54) is 38.2 Å². The number of allylic oxidation sites excluding steroid dienone is 3. The van der Waals surface area contributed by atoms with Crippen LogP contribution in [0.15, 0.2) is 85.5 Å². The van der Waals surface area contributed by atoms with Gasteiger partial charge in [-0.1, -0.05) is 132 Å². The van der Waals surface area contributed by atoms with Gasteiger partial charge in [0.05, 0.1) is 0 Å². The lowest BCUT2D eigenvalue weighted by atomic mass is 9.92. The van der Waals surface area contributed by atoms with E-state index in [1.54, 1.807) is 6.08 Å². The molecule has 0 heterocycles. The number of hydrogen-bond donors (Lipinski definition) is 0. The molecule has 174 valence electrons. The van der Waals surface area contributed by atoms with Crippen LogP contribution in [0, 0.1) is 13.8 Å². The standard InChI is InChI=1S/C30H26.2C2H6/c1-5-11-26-21(2)12-10-15-25(26)14-7-6-13-24-18-19-29-22(3)27-16-8-9-17-28(27)23(4)30(29)20-24;2*1-2/h5-20H,1-2H2,3-4H3;2*1-2H3/b13-6+,14-7+,26-11+;;. The van der Waals surface area contributed by atoms with Crippen molar-refractivity contribution < 1.29 is 0 Å². The lowest BCUT2D eigenvalue weighted by Gasteiger charge is -2.12. The SMILES string of the molecule is C=C/C=c1/c(/C=C/C=C/c2ccc3c(C)c4ccccc4c(C)c3c2)cccc1=C.CC.CC. The molecule has 0 atom stereocenters. The predicted octanol–water partition coefficient (Wildman–Crippen LogP) is 8.77. The van der Waals surface area contributed by atoms with Gasteiger partial charge in [-0.25, -0.2) is 0 Å². The van der Waals surface area contributed by atoms with Gasteiger partial charge in [-0.15, -0.1) is 0 Å². The van der Waals surface area contributed by atoms with Crippen molar-refractivity contribution in [1.82, 2.24) is 0 Å². The zero-order valence-electron chi connectivity index (χ0n) is 21.7. The molecule has 0 aromatic heterocycles. The predicted molar refractivity (Wildman–Crippen MR) is 158 cm³/mol. The van der Waals surface area contributed by atoms with Gasteiger partial charge in [0.1, 0.15) is 0 Å². The summed E-state index contributed by atoms with van der Waals surface area (Å²) in [5.74, 6) is 0. The Bertz CT molecular complexity index is 1430. The minimum absolute atomic E-state index is 1.01. The molecular weight excluding hydrogens is 408 g/mol. The summed E-state index contributed by atoms with van der Waals surface area (Å²) >= 11 is 0. The molecule has 0 aliphatic carbocycles. The summed E-state index contributed by atoms with van der Waals surface area (Å²) in [7, 11) is 0. The van der Waals surface area contributed by atoms with Crippen molar-refractivity contribution in [2.75, 3.05) is 0 Å². The summed E-state index contributed by atoms with van der Waals surface area (Å²) in [5.41, 5.74) is 5.03. The van der Waals surface area contributed by atoms with E-state index in [-0.39, 0.29) is 0 Å². The molecule has 4 rings (SSSR count). The Morgan fingerprint density at radius 1 is 0.647 bits per heavy atom. The largest absolute Gasteiger partial charge is 0.0990 e. The van der Waals surface area contributed by atoms with Gasteiger partial charge >= 0.3 is 0 Å². The lowest BCUT2D eigenvalue weighted by Crippen LogP contribution is -2.24. The second-order valence-electron chi connectivity index (χ2n) is 7.64. The van der Waals surface area contributed by atoms with Gasteiger partial charge in [-0.2, -0.15) is 0 Å². The van der Waals surface area contributed by atoms with Crippen LogP contribution in [0.3, 0.4) is 0 Å². The molecule has 4 aromatic carbocycles. The maximum atomic E-state index is 4.11.